The Balaban J connectivity index is 1.23. The van der Waals surface area contributed by atoms with Gasteiger partial charge in [0.25, 0.3) is 11.8 Å². The first-order valence-corrected chi connectivity index (χ1v) is 20.3. The number of fused-ring (bicyclic) bond motifs is 2. The highest BCUT2D eigenvalue weighted by molar-refractivity contribution is 6.13. The van der Waals surface area contributed by atoms with Crippen LogP contribution in [0.5, 0.6) is 5.75 Å². The van der Waals surface area contributed by atoms with E-state index in [2.05, 4.69) is 17.6 Å². The van der Waals surface area contributed by atoms with E-state index in [0.717, 1.165) is 41.2 Å². The summed E-state index contributed by atoms with van der Waals surface area (Å²) in [7, 11) is 0. The smallest absolute Gasteiger partial charge is 0.311 e. The fraction of sp³-hybridized carbons (Fsp3) is 0.435. The molecule has 0 saturated carbocycles. The van der Waals surface area contributed by atoms with Crippen LogP contribution in [0.3, 0.4) is 0 Å². The molecule has 55 heavy (non-hydrogen) atoms. The molecule has 290 valence electrons. The van der Waals surface area contributed by atoms with E-state index < -0.39 is 29.6 Å². The van der Waals surface area contributed by atoms with Gasteiger partial charge in [-0.25, -0.2) is 0 Å². The molecule has 0 bridgehead atoms. The molecule has 2 saturated heterocycles. The molecule has 0 spiro atoms. The Morgan fingerprint density at radius 3 is 2.22 bits per heavy atom. The maximum atomic E-state index is 15.3. The second-order valence-electron chi connectivity index (χ2n) is 15.1. The van der Waals surface area contributed by atoms with E-state index in [4.69, 9.17) is 4.74 Å². The topological polar surface area (TPSA) is 108 Å². The van der Waals surface area contributed by atoms with E-state index in [1.807, 2.05) is 79.7 Å². The van der Waals surface area contributed by atoms with Gasteiger partial charge in [-0.15, -0.1) is 0 Å². The fourth-order valence-electron chi connectivity index (χ4n) is 8.16. The number of hydrogen-bond donors (Lipinski definition) is 2. The van der Waals surface area contributed by atoms with Gasteiger partial charge in [-0.1, -0.05) is 143 Å². The maximum Gasteiger partial charge on any atom is 0.311 e. The molecule has 9 nitrogen and oxygen atoms in total. The minimum absolute atomic E-state index is 0.0538. The standard InChI is InChI=1S/C46H56N4O5/c1-3-4-5-6-7-8-9-10-14-24-42(52)55-39-27-25-35(26-28-39)31-46(44(53)48-32-36-18-12-11-13-19-36)45(54)49(34(2)43-47-30-29-41(51)50(43)46)33-38-22-17-21-37-20-15-16-23-40(37)38/h11-13,15-23,25-28,34,43,47H,3-10,14,24,29-33H2,1-2H3,(H,48,53)/t34-,43?,46-/m0/s1. The molecule has 2 N–H and O–H groups in total. The molecule has 3 atom stereocenters. The zero-order valence-corrected chi connectivity index (χ0v) is 32.4. The number of piperazine rings is 1. The number of esters is 1. The van der Waals surface area contributed by atoms with E-state index in [9.17, 15) is 14.4 Å². The number of nitrogens with zero attached hydrogens (tertiary/aromatic N) is 2. The highest BCUT2D eigenvalue weighted by Gasteiger charge is 2.62. The van der Waals surface area contributed by atoms with Crippen LogP contribution in [0.2, 0.25) is 0 Å². The Kier molecular flexibility index (Phi) is 13.7. The zero-order chi connectivity index (χ0) is 38.6. The predicted octanol–water partition coefficient (Wildman–Crippen LogP) is 7.84. The first-order valence-electron chi connectivity index (χ1n) is 20.3. The predicted molar refractivity (Wildman–Crippen MR) is 216 cm³/mol. The lowest BCUT2D eigenvalue weighted by atomic mass is 9.80. The number of amides is 3. The third kappa shape index (κ3) is 9.45. The van der Waals surface area contributed by atoms with Crippen LogP contribution in [0, 0.1) is 0 Å². The number of benzene rings is 4. The molecule has 3 amide bonds. The highest BCUT2D eigenvalue weighted by atomic mass is 16.5. The number of rotatable bonds is 18. The summed E-state index contributed by atoms with van der Waals surface area (Å²) in [6, 6.07) is 30.2. The Labute approximate surface area is 325 Å². The third-order valence-corrected chi connectivity index (χ3v) is 11.2. The molecule has 0 aliphatic carbocycles. The third-order valence-electron chi connectivity index (χ3n) is 11.2. The first kappa shape index (κ1) is 39.7. The molecule has 2 heterocycles. The van der Waals surface area contributed by atoms with E-state index >= 15 is 4.79 Å². The molecule has 1 unspecified atom stereocenters. The Hall–Kier alpha value is -5.02. The number of unbranched alkanes of at least 4 members (excludes halogenated alkanes) is 8. The van der Waals surface area contributed by atoms with Crippen LogP contribution >= 0.6 is 0 Å². The van der Waals surface area contributed by atoms with Crippen LogP contribution in [-0.4, -0.2) is 57.8 Å². The first-order chi connectivity index (χ1) is 26.8. The number of nitrogens with one attached hydrogen (secondary N) is 2. The lowest BCUT2D eigenvalue weighted by Crippen LogP contribution is -2.82. The molecule has 2 fully saturated rings. The quantitative estimate of drug-likeness (QED) is 0.0466. The molecular formula is C46H56N4O5. The monoisotopic (exact) mass is 744 g/mol. The van der Waals surface area contributed by atoms with Crippen LogP contribution in [0.1, 0.15) is 101 Å². The normalized spacial score (nSPS) is 19.7. The van der Waals surface area contributed by atoms with Gasteiger partial charge in [0.2, 0.25) is 11.4 Å². The molecule has 0 radical (unpaired) electrons. The number of carbonyl (C=O) groups excluding carboxylic acids is 4. The Morgan fingerprint density at radius 1 is 0.800 bits per heavy atom. The van der Waals surface area contributed by atoms with Crippen LogP contribution in [-0.2, 0) is 38.7 Å². The summed E-state index contributed by atoms with van der Waals surface area (Å²) in [4.78, 5) is 60.1. The van der Waals surface area contributed by atoms with E-state index in [1.165, 1.54) is 43.4 Å². The van der Waals surface area contributed by atoms with Gasteiger partial charge in [-0.2, -0.15) is 0 Å². The Morgan fingerprint density at radius 2 is 1.47 bits per heavy atom. The zero-order valence-electron chi connectivity index (χ0n) is 32.4. The fourth-order valence-corrected chi connectivity index (χ4v) is 8.16. The van der Waals surface area contributed by atoms with Gasteiger partial charge in [-0.05, 0) is 52.9 Å². The highest BCUT2D eigenvalue weighted by Crippen LogP contribution is 2.37. The summed E-state index contributed by atoms with van der Waals surface area (Å²) < 4.78 is 5.68. The molecule has 2 aliphatic rings. The van der Waals surface area contributed by atoms with Gasteiger partial charge in [0.1, 0.15) is 11.9 Å². The van der Waals surface area contributed by atoms with Crippen molar-refractivity contribution in [2.75, 3.05) is 6.54 Å². The molecule has 2 aliphatic heterocycles. The van der Waals surface area contributed by atoms with Crippen molar-refractivity contribution < 1.29 is 23.9 Å². The van der Waals surface area contributed by atoms with Crippen molar-refractivity contribution in [2.24, 2.45) is 0 Å². The summed E-state index contributed by atoms with van der Waals surface area (Å²) >= 11 is 0. The van der Waals surface area contributed by atoms with Crippen molar-refractivity contribution >= 4 is 34.5 Å². The summed E-state index contributed by atoms with van der Waals surface area (Å²) in [6.07, 6.45) is 10.4. The molecular weight excluding hydrogens is 689 g/mol. The van der Waals surface area contributed by atoms with Gasteiger partial charge in [0.05, 0.1) is 6.04 Å². The molecule has 0 aromatic heterocycles. The van der Waals surface area contributed by atoms with Crippen molar-refractivity contribution in [2.45, 2.75) is 122 Å². The van der Waals surface area contributed by atoms with E-state index in [-0.39, 0.29) is 37.8 Å². The van der Waals surface area contributed by atoms with E-state index in [0.29, 0.717) is 24.3 Å². The summed E-state index contributed by atoms with van der Waals surface area (Å²) in [5.41, 5.74) is 0.623. The minimum atomic E-state index is -1.88. The number of hydrogen-bond acceptors (Lipinski definition) is 6. The van der Waals surface area contributed by atoms with Crippen LogP contribution in [0.15, 0.2) is 97.1 Å². The molecule has 4 aromatic rings. The SMILES string of the molecule is CCCCCCCCCCCC(=O)Oc1ccc(C[C@]2(C(=O)NCc3ccccc3)C(=O)N(Cc3cccc4ccccc34)[C@@H](C)C3NCCC(=O)N32)cc1. The average molecular weight is 745 g/mol. The summed E-state index contributed by atoms with van der Waals surface area (Å²) in [5, 5.41) is 8.62. The molecule has 6 rings (SSSR count). The molecule has 4 aromatic carbocycles. The van der Waals surface area contributed by atoms with Gasteiger partial charge in [-0.3, -0.25) is 24.5 Å². The minimum Gasteiger partial charge on any atom is -0.427 e. The molecule has 9 heteroatoms. The van der Waals surface area contributed by atoms with Gasteiger partial charge < -0.3 is 19.9 Å². The van der Waals surface area contributed by atoms with Crippen LogP contribution in [0.25, 0.3) is 10.8 Å². The second-order valence-corrected chi connectivity index (χ2v) is 15.1. The van der Waals surface area contributed by atoms with Crippen molar-refractivity contribution in [3.05, 3.63) is 114 Å². The van der Waals surface area contributed by atoms with Crippen molar-refractivity contribution in [3.63, 3.8) is 0 Å². The van der Waals surface area contributed by atoms with Crippen LogP contribution in [0.4, 0.5) is 0 Å². The number of carbonyl (C=O) groups is 4. The summed E-state index contributed by atoms with van der Waals surface area (Å²) in [5.74, 6) is -1.08. The van der Waals surface area contributed by atoms with Crippen molar-refractivity contribution in [1.29, 1.82) is 0 Å². The summed E-state index contributed by atoms with van der Waals surface area (Å²) in [6.45, 7) is 5.08. The van der Waals surface area contributed by atoms with Gasteiger partial charge in [0.15, 0.2) is 0 Å². The largest absolute Gasteiger partial charge is 0.427 e. The average Bonchev–Trinajstić information content (AvgIpc) is 3.20. The lowest BCUT2D eigenvalue weighted by molar-refractivity contribution is -0.182. The van der Waals surface area contributed by atoms with Crippen LogP contribution < -0.4 is 15.4 Å². The maximum absolute atomic E-state index is 15.3. The lowest BCUT2D eigenvalue weighted by Gasteiger charge is -2.57. The van der Waals surface area contributed by atoms with Crippen molar-refractivity contribution in [3.8, 4) is 5.75 Å². The Bertz CT molecular complexity index is 1910. The van der Waals surface area contributed by atoms with Gasteiger partial charge in [0, 0.05) is 38.9 Å². The number of ether oxygens (including phenoxy) is 1. The van der Waals surface area contributed by atoms with Gasteiger partial charge >= 0.3 is 5.97 Å². The van der Waals surface area contributed by atoms with Crippen molar-refractivity contribution in [1.82, 2.24) is 20.4 Å². The van der Waals surface area contributed by atoms with E-state index in [1.54, 1.807) is 29.2 Å². The second kappa shape index (κ2) is 19.0.